The zero-order valence-corrected chi connectivity index (χ0v) is 11.3. The van der Waals surface area contributed by atoms with Crippen molar-refractivity contribution in [3.8, 4) is 5.75 Å². The third-order valence-electron chi connectivity index (χ3n) is 3.25. The van der Waals surface area contributed by atoms with E-state index in [4.69, 9.17) is 14.6 Å². The number of ether oxygens (including phenoxy) is 2. The van der Waals surface area contributed by atoms with Crippen LogP contribution in [0, 0.1) is 0 Å². The fourth-order valence-electron chi connectivity index (χ4n) is 2.41. The van der Waals surface area contributed by atoms with Crippen molar-refractivity contribution >= 4 is 5.97 Å². The molecule has 2 rings (SSSR count). The SMILES string of the molecule is COc1ccccc1CN1CC(C)(OCC(=O)O)C1. The molecular formula is C14H19NO4. The Morgan fingerprint density at radius 1 is 1.42 bits per heavy atom. The second-order valence-electron chi connectivity index (χ2n) is 5.09. The molecule has 1 aliphatic heterocycles. The van der Waals surface area contributed by atoms with E-state index in [2.05, 4.69) is 4.90 Å². The van der Waals surface area contributed by atoms with Gasteiger partial charge in [-0.25, -0.2) is 4.79 Å². The molecule has 0 bridgehead atoms. The minimum Gasteiger partial charge on any atom is -0.496 e. The van der Waals surface area contributed by atoms with Gasteiger partial charge in [0.05, 0.1) is 12.7 Å². The molecule has 1 heterocycles. The molecule has 0 aliphatic carbocycles. The van der Waals surface area contributed by atoms with Gasteiger partial charge in [-0.3, -0.25) is 4.90 Å². The highest BCUT2D eigenvalue weighted by Gasteiger charge is 2.40. The van der Waals surface area contributed by atoms with Gasteiger partial charge in [-0.1, -0.05) is 18.2 Å². The molecule has 0 unspecified atom stereocenters. The lowest BCUT2D eigenvalue weighted by molar-refractivity contribution is -0.165. The number of methoxy groups -OCH3 is 1. The van der Waals surface area contributed by atoms with Crippen molar-refractivity contribution in [1.82, 2.24) is 4.90 Å². The molecular weight excluding hydrogens is 246 g/mol. The molecule has 1 aliphatic rings. The van der Waals surface area contributed by atoms with Crippen molar-refractivity contribution < 1.29 is 19.4 Å². The van der Waals surface area contributed by atoms with Gasteiger partial charge in [0.2, 0.25) is 0 Å². The van der Waals surface area contributed by atoms with Crippen LogP contribution < -0.4 is 4.74 Å². The minimum atomic E-state index is -0.926. The number of rotatable bonds is 6. The highest BCUT2D eigenvalue weighted by atomic mass is 16.5. The molecule has 0 amide bonds. The van der Waals surface area contributed by atoms with E-state index in [1.807, 2.05) is 31.2 Å². The van der Waals surface area contributed by atoms with Crippen LogP contribution in [0.4, 0.5) is 0 Å². The Hall–Kier alpha value is -1.59. The number of carboxylic acid groups (broad SMARTS) is 1. The first-order valence-corrected chi connectivity index (χ1v) is 6.22. The van der Waals surface area contributed by atoms with Crippen LogP contribution in [0.5, 0.6) is 5.75 Å². The van der Waals surface area contributed by atoms with E-state index in [0.29, 0.717) is 0 Å². The van der Waals surface area contributed by atoms with Crippen molar-refractivity contribution in [2.45, 2.75) is 19.1 Å². The number of nitrogens with zero attached hydrogens (tertiary/aromatic N) is 1. The van der Waals surface area contributed by atoms with Crippen LogP contribution in [0.15, 0.2) is 24.3 Å². The third-order valence-corrected chi connectivity index (χ3v) is 3.25. The normalized spacial score (nSPS) is 17.8. The fourth-order valence-corrected chi connectivity index (χ4v) is 2.41. The van der Waals surface area contributed by atoms with E-state index in [9.17, 15) is 4.79 Å². The summed E-state index contributed by atoms with van der Waals surface area (Å²) < 4.78 is 10.7. The van der Waals surface area contributed by atoms with Crippen LogP contribution in [0.2, 0.25) is 0 Å². The predicted molar refractivity (Wildman–Crippen MR) is 70.3 cm³/mol. The lowest BCUT2D eigenvalue weighted by Crippen LogP contribution is -2.61. The molecule has 0 aromatic heterocycles. The first kappa shape index (κ1) is 13.8. The van der Waals surface area contributed by atoms with E-state index < -0.39 is 5.97 Å². The summed E-state index contributed by atoms with van der Waals surface area (Å²) in [6, 6.07) is 7.90. The Bertz CT molecular complexity index is 455. The maximum Gasteiger partial charge on any atom is 0.329 e. The van der Waals surface area contributed by atoms with E-state index in [0.717, 1.165) is 30.9 Å². The van der Waals surface area contributed by atoms with Gasteiger partial charge in [-0.05, 0) is 13.0 Å². The van der Waals surface area contributed by atoms with E-state index in [1.165, 1.54) is 0 Å². The summed E-state index contributed by atoms with van der Waals surface area (Å²) in [6.45, 7) is 3.96. The first-order chi connectivity index (χ1) is 9.02. The van der Waals surface area contributed by atoms with Crippen molar-refractivity contribution in [3.05, 3.63) is 29.8 Å². The van der Waals surface area contributed by atoms with Gasteiger partial charge >= 0.3 is 5.97 Å². The van der Waals surface area contributed by atoms with Gasteiger partial charge in [0.1, 0.15) is 12.4 Å². The van der Waals surface area contributed by atoms with Crippen LogP contribution in [-0.4, -0.2) is 48.4 Å². The molecule has 0 radical (unpaired) electrons. The van der Waals surface area contributed by atoms with Gasteiger partial charge in [0.25, 0.3) is 0 Å². The van der Waals surface area contributed by atoms with Crippen molar-refractivity contribution in [1.29, 1.82) is 0 Å². The Morgan fingerprint density at radius 2 is 2.11 bits per heavy atom. The monoisotopic (exact) mass is 265 g/mol. The number of hydrogen-bond acceptors (Lipinski definition) is 4. The second-order valence-corrected chi connectivity index (χ2v) is 5.09. The number of hydrogen-bond donors (Lipinski definition) is 1. The highest BCUT2D eigenvalue weighted by Crippen LogP contribution is 2.28. The average Bonchev–Trinajstić information content (AvgIpc) is 2.35. The third kappa shape index (κ3) is 3.45. The Balaban J connectivity index is 1.85. The van der Waals surface area contributed by atoms with Gasteiger partial charge < -0.3 is 14.6 Å². The average molecular weight is 265 g/mol. The van der Waals surface area contributed by atoms with Crippen LogP contribution in [0.1, 0.15) is 12.5 Å². The van der Waals surface area contributed by atoms with Crippen molar-refractivity contribution in [2.75, 3.05) is 26.8 Å². The maximum atomic E-state index is 10.5. The summed E-state index contributed by atoms with van der Waals surface area (Å²) >= 11 is 0. The van der Waals surface area contributed by atoms with Gasteiger partial charge in [-0.15, -0.1) is 0 Å². The first-order valence-electron chi connectivity index (χ1n) is 6.22. The summed E-state index contributed by atoms with van der Waals surface area (Å²) in [5, 5.41) is 8.61. The number of carbonyl (C=O) groups is 1. The number of aliphatic carboxylic acids is 1. The largest absolute Gasteiger partial charge is 0.496 e. The Kier molecular flexibility index (Phi) is 4.07. The van der Waals surface area contributed by atoms with Gasteiger partial charge in [-0.2, -0.15) is 0 Å². The topological polar surface area (TPSA) is 59.0 Å². The minimum absolute atomic E-state index is 0.237. The second kappa shape index (κ2) is 5.59. The summed E-state index contributed by atoms with van der Waals surface area (Å²) in [7, 11) is 1.66. The van der Waals surface area contributed by atoms with E-state index >= 15 is 0 Å². The van der Waals surface area contributed by atoms with Gasteiger partial charge in [0, 0.05) is 25.2 Å². The predicted octanol–water partition coefficient (Wildman–Crippen LogP) is 1.37. The van der Waals surface area contributed by atoms with Crippen molar-refractivity contribution in [2.24, 2.45) is 0 Å². The van der Waals surface area contributed by atoms with Crippen LogP contribution >= 0.6 is 0 Å². The Labute approximate surface area is 112 Å². The van der Waals surface area contributed by atoms with E-state index in [1.54, 1.807) is 7.11 Å². The molecule has 5 nitrogen and oxygen atoms in total. The molecule has 1 fully saturated rings. The number of para-hydroxylation sites is 1. The molecule has 0 saturated carbocycles. The molecule has 1 N–H and O–H groups in total. The lowest BCUT2D eigenvalue weighted by Gasteiger charge is -2.47. The molecule has 5 heteroatoms. The number of carboxylic acids is 1. The van der Waals surface area contributed by atoms with Crippen molar-refractivity contribution in [3.63, 3.8) is 0 Å². The van der Waals surface area contributed by atoms with Crippen LogP contribution in [0.3, 0.4) is 0 Å². The zero-order valence-electron chi connectivity index (χ0n) is 11.3. The lowest BCUT2D eigenvalue weighted by atomic mass is 9.95. The Morgan fingerprint density at radius 3 is 2.74 bits per heavy atom. The van der Waals surface area contributed by atoms with Crippen LogP contribution in [0.25, 0.3) is 0 Å². The summed E-state index contributed by atoms with van der Waals surface area (Å²) in [5.74, 6) is -0.0491. The van der Waals surface area contributed by atoms with Crippen LogP contribution in [-0.2, 0) is 16.1 Å². The smallest absolute Gasteiger partial charge is 0.329 e. The summed E-state index contributed by atoms with van der Waals surface area (Å²) in [4.78, 5) is 12.7. The molecule has 1 saturated heterocycles. The summed E-state index contributed by atoms with van der Waals surface area (Å²) in [6.07, 6.45) is 0. The fraction of sp³-hybridized carbons (Fsp3) is 0.500. The number of likely N-dealkylation sites (tertiary alicyclic amines) is 1. The quantitative estimate of drug-likeness (QED) is 0.842. The molecule has 104 valence electrons. The molecule has 0 atom stereocenters. The molecule has 0 spiro atoms. The molecule has 1 aromatic rings. The van der Waals surface area contributed by atoms with Gasteiger partial charge in [0.15, 0.2) is 0 Å². The maximum absolute atomic E-state index is 10.5. The van der Waals surface area contributed by atoms with E-state index in [-0.39, 0.29) is 12.2 Å². The molecule has 19 heavy (non-hydrogen) atoms. The summed E-state index contributed by atoms with van der Waals surface area (Å²) in [5.41, 5.74) is 0.783. The number of benzene rings is 1. The molecule has 1 aromatic carbocycles. The zero-order chi connectivity index (χ0) is 13.9. The standard InChI is InChI=1S/C14H19NO4/c1-14(19-8-13(16)17)9-15(10-14)7-11-5-3-4-6-12(11)18-2/h3-6H,7-10H2,1-2H3,(H,16,17). The highest BCUT2D eigenvalue weighted by molar-refractivity contribution is 5.68.